The molecule has 0 bridgehead atoms. The Kier molecular flexibility index (Phi) is 4.05. The second-order valence-electron chi connectivity index (χ2n) is 3.74. The maximum Gasteiger partial charge on any atom is 0.186 e. The van der Waals surface area contributed by atoms with Crippen LogP contribution in [0.3, 0.4) is 0 Å². The fraction of sp³-hybridized carbons (Fsp3) is 0.133. The Hall–Kier alpha value is -1.93. The number of epoxide rings is 1. The zero-order valence-electron chi connectivity index (χ0n) is 9.45. The van der Waals surface area contributed by atoms with Crippen molar-refractivity contribution >= 4 is 11.9 Å². The Morgan fingerprint density at radius 1 is 1.12 bits per heavy atom. The van der Waals surface area contributed by atoms with Gasteiger partial charge in [0.15, 0.2) is 5.78 Å². The van der Waals surface area contributed by atoms with E-state index in [2.05, 4.69) is 0 Å². The first kappa shape index (κ1) is 11.6. The summed E-state index contributed by atoms with van der Waals surface area (Å²) in [7, 11) is 0. The van der Waals surface area contributed by atoms with Gasteiger partial charge in [-0.15, -0.1) is 0 Å². The molecule has 0 N–H and O–H groups in total. The minimum Gasteiger partial charge on any atom is -0.364 e. The maximum absolute atomic E-state index is 11.2. The van der Waals surface area contributed by atoms with Gasteiger partial charge in [-0.3, -0.25) is 4.79 Å². The number of hydrogen-bond acceptors (Lipinski definition) is 2. The summed E-state index contributed by atoms with van der Waals surface area (Å²) in [5.74, 6) is 0.0432. The molecule has 1 unspecified atom stereocenters. The summed E-state index contributed by atoms with van der Waals surface area (Å²) in [5.41, 5.74) is 1.16. The van der Waals surface area contributed by atoms with Gasteiger partial charge in [0.05, 0.1) is 6.61 Å². The van der Waals surface area contributed by atoms with Crippen LogP contribution >= 0.6 is 0 Å². The Bertz CT molecular complexity index is 451. The molecule has 1 saturated heterocycles. The fourth-order valence-corrected chi connectivity index (χ4v) is 1.33. The van der Waals surface area contributed by atoms with E-state index in [1.165, 1.54) is 0 Å². The molecule has 1 aromatic carbocycles. The summed E-state index contributed by atoms with van der Waals surface area (Å²) in [6.07, 6.45) is 10.8. The minimum atomic E-state index is -0.181. The summed E-state index contributed by atoms with van der Waals surface area (Å²) in [6.45, 7) is 0.570. The number of hydrogen-bond donors (Lipinski definition) is 0. The van der Waals surface area contributed by atoms with Gasteiger partial charge in [-0.05, 0) is 11.6 Å². The van der Waals surface area contributed by atoms with Crippen LogP contribution in [0.5, 0.6) is 0 Å². The van der Waals surface area contributed by atoms with E-state index in [-0.39, 0.29) is 11.9 Å². The Morgan fingerprint density at radius 3 is 2.53 bits per heavy atom. The molecule has 1 aromatic rings. The van der Waals surface area contributed by atoms with Gasteiger partial charge in [0.1, 0.15) is 6.10 Å². The highest BCUT2D eigenvalue weighted by atomic mass is 16.6. The number of benzene rings is 1. The van der Waals surface area contributed by atoms with E-state index < -0.39 is 0 Å². The van der Waals surface area contributed by atoms with Crippen LogP contribution in [0.25, 0.3) is 6.08 Å². The van der Waals surface area contributed by atoms with Crippen molar-refractivity contribution in [2.75, 3.05) is 6.61 Å². The lowest BCUT2D eigenvalue weighted by Gasteiger charge is -1.88. The van der Waals surface area contributed by atoms with Crippen molar-refractivity contribution in [1.82, 2.24) is 0 Å². The molecule has 86 valence electrons. The number of rotatable bonds is 5. The van der Waals surface area contributed by atoms with Crippen LogP contribution in [0, 0.1) is 0 Å². The summed E-state index contributed by atoms with van der Waals surface area (Å²) in [4.78, 5) is 11.2. The van der Waals surface area contributed by atoms with E-state index in [0.717, 1.165) is 5.56 Å². The molecule has 2 heteroatoms. The van der Waals surface area contributed by atoms with Crippen LogP contribution in [0.4, 0.5) is 0 Å². The molecule has 0 amide bonds. The third kappa shape index (κ3) is 4.21. The Morgan fingerprint density at radius 2 is 1.82 bits per heavy atom. The van der Waals surface area contributed by atoms with Gasteiger partial charge < -0.3 is 4.74 Å². The lowest BCUT2D eigenvalue weighted by Crippen LogP contribution is -2.00. The molecular weight excluding hydrogens is 212 g/mol. The van der Waals surface area contributed by atoms with Crippen LogP contribution in [-0.4, -0.2) is 18.5 Å². The molecule has 1 atom stereocenters. The van der Waals surface area contributed by atoms with E-state index in [4.69, 9.17) is 4.74 Å². The van der Waals surface area contributed by atoms with E-state index in [1.54, 1.807) is 12.2 Å². The molecule has 2 nitrogen and oxygen atoms in total. The van der Waals surface area contributed by atoms with E-state index in [9.17, 15) is 4.79 Å². The third-order valence-electron chi connectivity index (χ3n) is 2.33. The molecule has 17 heavy (non-hydrogen) atoms. The van der Waals surface area contributed by atoms with Crippen LogP contribution in [0.2, 0.25) is 0 Å². The number of carbonyl (C=O) groups is 1. The zero-order valence-corrected chi connectivity index (χ0v) is 9.45. The summed E-state index contributed by atoms with van der Waals surface area (Å²) in [5, 5.41) is 0. The lowest BCUT2D eigenvalue weighted by atomic mass is 10.2. The Balaban J connectivity index is 1.77. The van der Waals surface area contributed by atoms with Crippen LogP contribution in [-0.2, 0) is 9.53 Å². The zero-order chi connectivity index (χ0) is 11.9. The Labute approximate surface area is 101 Å². The van der Waals surface area contributed by atoms with Gasteiger partial charge in [-0.1, -0.05) is 60.7 Å². The average molecular weight is 226 g/mol. The van der Waals surface area contributed by atoms with Gasteiger partial charge in [0.25, 0.3) is 0 Å². The molecule has 1 aliphatic heterocycles. The number of carbonyl (C=O) groups excluding carboxylic acids is 1. The highest BCUT2D eigenvalue weighted by Crippen LogP contribution is 2.10. The summed E-state index contributed by atoms with van der Waals surface area (Å²) < 4.78 is 4.87. The summed E-state index contributed by atoms with van der Waals surface area (Å²) in [6, 6.07) is 10.1. The molecule has 1 aliphatic rings. The number of ether oxygens (including phenoxy) is 1. The second-order valence-corrected chi connectivity index (χ2v) is 3.74. The predicted molar refractivity (Wildman–Crippen MR) is 68.5 cm³/mol. The van der Waals surface area contributed by atoms with Crippen molar-refractivity contribution in [3.05, 3.63) is 66.3 Å². The van der Waals surface area contributed by atoms with Gasteiger partial charge in [0, 0.05) is 0 Å². The topological polar surface area (TPSA) is 29.6 Å². The monoisotopic (exact) mass is 226 g/mol. The van der Waals surface area contributed by atoms with Crippen molar-refractivity contribution in [1.29, 1.82) is 0 Å². The van der Waals surface area contributed by atoms with E-state index >= 15 is 0 Å². The molecule has 0 radical (unpaired) electrons. The lowest BCUT2D eigenvalue weighted by molar-refractivity contribution is -0.115. The normalized spacial score (nSPS) is 19.4. The van der Waals surface area contributed by atoms with Crippen LogP contribution < -0.4 is 0 Å². The second kappa shape index (κ2) is 5.97. The van der Waals surface area contributed by atoms with Gasteiger partial charge in [-0.25, -0.2) is 0 Å². The molecule has 0 saturated carbocycles. The maximum atomic E-state index is 11.2. The van der Waals surface area contributed by atoms with Gasteiger partial charge in [0.2, 0.25) is 0 Å². The van der Waals surface area contributed by atoms with Gasteiger partial charge in [-0.2, -0.15) is 0 Å². The van der Waals surface area contributed by atoms with Crippen molar-refractivity contribution < 1.29 is 9.53 Å². The third-order valence-corrected chi connectivity index (χ3v) is 2.33. The van der Waals surface area contributed by atoms with Crippen molar-refractivity contribution in [3.8, 4) is 0 Å². The molecular formula is C15H14O2. The van der Waals surface area contributed by atoms with E-state index in [1.807, 2.05) is 54.6 Å². The van der Waals surface area contributed by atoms with E-state index in [0.29, 0.717) is 6.61 Å². The molecule has 1 heterocycles. The van der Waals surface area contributed by atoms with Crippen molar-refractivity contribution in [2.24, 2.45) is 0 Å². The smallest absolute Gasteiger partial charge is 0.186 e. The summed E-state index contributed by atoms with van der Waals surface area (Å²) >= 11 is 0. The van der Waals surface area contributed by atoms with Crippen molar-refractivity contribution in [2.45, 2.75) is 6.10 Å². The quantitative estimate of drug-likeness (QED) is 0.439. The first-order valence-corrected chi connectivity index (χ1v) is 5.58. The highest BCUT2D eigenvalue weighted by molar-refractivity contribution is 5.95. The van der Waals surface area contributed by atoms with Crippen LogP contribution in [0.15, 0.2) is 60.7 Å². The standard InChI is InChI=1S/C15H14O2/c16-14(15-12-17-15)11-7-2-1-4-8-13-9-5-3-6-10-13/h1-11,15H,12H2/b2-1+,8-4+,11-7+. The molecule has 0 aliphatic carbocycles. The minimum absolute atomic E-state index is 0.0432. The largest absolute Gasteiger partial charge is 0.364 e. The molecule has 0 aromatic heterocycles. The number of allylic oxidation sites excluding steroid dienone is 4. The van der Waals surface area contributed by atoms with Gasteiger partial charge >= 0.3 is 0 Å². The average Bonchev–Trinajstić information content (AvgIpc) is 3.19. The predicted octanol–water partition coefficient (Wildman–Crippen LogP) is 2.78. The van der Waals surface area contributed by atoms with Crippen molar-refractivity contribution in [3.63, 3.8) is 0 Å². The molecule has 0 spiro atoms. The van der Waals surface area contributed by atoms with Crippen LogP contribution in [0.1, 0.15) is 5.56 Å². The number of ketones is 1. The highest BCUT2D eigenvalue weighted by Gasteiger charge is 2.28. The fourth-order valence-electron chi connectivity index (χ4n) is 1.33. The molecule has 2 rings (SSSR count). The first-order chi connectivity index (χ1) is 8.36. The first-order valence-electron chi connectivity index (χ1n) is 5.58. The SMILES string of the molecule is O=C(/C=C/C=C/C=C/c1ccccc1)C1CO1. The molecule has 1 fully saturated rings.